The molecule has 0 amide bonds. The number of aryl methyl sites for hydroxylation is 2. The van der Waals surface area contributed by atoms with Crippen LogP contribution in [0, 0.1) is 13.8 Å². The first kappa shape index (κ1) is 18.3. The van der Waals surface area contributed by atoms with E-state index in [4.69, 9.17) is 9.72 Å². The Morgan fingerprint density at radius 1 is 1.15 bits per heavy atom. The maximum Gasteiger partial charge on any atom is 0.330 e. The zero-order chi connectivity index (χ0) is 18.5. The van der Waals surface area contributed by atoms with Gasteiger partial charge in [0.25, 0.3) is 0 Å². The van der Waals surface area contributed by atoms with Crippen LogP contribution in [0.15, 0.2) is 42.5 Å². The highest BCUT2D eigenvalue weighted by atomic mass is 32.1. The maximum absolute atomic E-state index is 11.6. The van der Waals surface area contributed by atoms with E-state index in [1.54, 1.807) is 17.4 Å². The minimum atomic E-state index is -0.292. The number of esters is 1. The van der Waals surface area contributed by atoms with Crippen LogP contribution in [0.25, 0.3) is 26.9 Å². The SMILES string of the molecule is CCCCOC(=O)/C=C/c1ccc(-c2nc3ccc(C)c(C)c3s2)cc1. The van der Waals surface area contributed by atoms with E-state index in [1.807, 2.05) is 24.3 Å². The second kappa shape index (κ2) is 8.28. The highest BCUT2D eigenvalue weighted by molar-refractivity contribution is 7.21. The topological polar surface area (TPSA) is 39.2 Å². The van der Waals surface area contributed by atoms with Crippen molar-refractivity contribution >= 4 is 33.6 Å². The molecule has 0 bridgehead atoms. The van der Waals surface area contributed by atoms with Gasteiger partial charge < -0.3 is 4.74 Å². The molecule has 0 spiro atoms. The molecule has 1 heterocycles. The quantitative estimate of drug-likeness (QED) is 0.308. The van der Waals surface area contributed by atoms with Gasteiger partial charge in [0.1, 0.15) is 5.01 Å². The van der Waals surface area contributed by atoms with Gasteiger partial charge in [0, 0.05) is 11.6 Å². The van der Waals surface area contributed by atoms with Gasteiger partial charge in [-0.05, 0) is 49.1 Å². The van der Waals surface area contributed by atoms with Crippen molar-refractivity contribution in [1.82, 2.24) is 4.98 Å². The molecule has 0 fully saturated rings. The minimum Gasteiger partial charge on any atom is -0.463 e. The van der Waals surface area contributed by atoms with Crippen molar-refractivity contribution in [2.45, 2.75) is 33.6 Å². The summed E-state index contributed by atoms with van der Waals surface area (Å²) in [7, 11) is 0. The number of carbonyl (C=O) groups is 1. The predicted octanol–water partition coefficient (Wildman–Crippen LogP) is 5.94. The van der Waals surface area contributed by atoms with Crippen molar-refractivity contribution in [3.8, 4) is 10.6 Å². The number of hydrogen-bond donors (Lipinski definition) is 0. The lowest BCUT2D eigenvalue weighted by molar-refractivity contribution is -0.137. The molecular weight excluding hydrogens is 342 g/mol. The van der Waals surface area contributed by atoms with Crippen LogP contribution in [0.2, 0.25) is 0 Å². The van der Waals surface area contributed by atoms with Crippen LogP contribution in [0.3, 0.4) is 0 Å². The molecular formula is C22H23NO2S. The van der Waals surface area contributed by atoms with Crippen molar-refractivity contribution in [2.24, 2.45) is 0 Å². The van der Waals surface area contributed by atoms with Gasteiger partial charge in [-0.15, -0.1) is 11.3 Å². The predicted molar refractivity (Wildman–Crippen MR) is 109 cm³/mol. The second-order valence-electron chi connectivity index (χ2n) is 6.35. The Morgan fingerprint density at radius 2 is 1.92 bits per heavy atom. The Labute approximate surface area is 158 Å². The zero-order valence-corrected chi connectivity index (χ0v) is 16.2. The molecule has 0 radical (unpaired) electrons. The van der Waals surface area contributed by atoms with Crippen LogP contribution in [-0.4, -0.2) is 17.6 Å². The highest BCUT2D eigenvalue weighted by Crippen LogP contribution is 2.33. The molecule has 4 heteroatoms. The second-order valence-corrected chi connectivity index (χ2v) is 7.35. The summed E-state index contributed by atoms with van der Waals surface area (Å²) >= 11 is 1.72. The summed E-state index contributed by atoms with van der Waals surface area (Å²) in [6, 6.07) is 12.3. The number of carbonyl (C=O) groups excluding carboxylic acids is 1. The molecule has 0 atom stereocenters. The summed E-state index contributed by atoms with van der Waals surface area (Å²) in [6.07, 6.45) is 5.18. The van der Waals surface area contributed by atoms with Gasteiger partial charge in [-0.25, -0.2) is 9.78 Å². The van der Waals surface area contributed by atoms with Crippen molar-refractivity contribution in [2.75, 3.05) is 6.61 Å². The Balaban J connectivity index is 1.73. The van der Waals surface area contributed by atoms with E-state index >= 15 is 0 Å². The van der Waals surface area contributed by atoms with Gasteiger partial charge in [0.15, 0.2) is 0 Å². The number of benzene rings is 2. The molecule has 3 rings (SSSR count). The first-order chi connectivity index (χ1) is 12.6. The Bertz CT molecular complexity index is 939. The summed E-state index contributed by atoms with van der Waals surface area (Å²) in [5, 5.41) is 1.02. The molecule has 0 aliphatic heterocycles. The monoisotopic (exact) mass is 365 g/mol. The van der Waals surface area contributed by atoms with Crippen LogP contribution in [-0.2, 0) is 9.53 Å². The fourth-order valence-electron chi connectivity index (χ4n) is 2.61. The standard InChI is InChI=1S/C22H23NO2S/c1-4-5-14-25-20(24)13-9-17-7-10-18(11-8-17)22-23-19-12-6-15(2)16(3)21(19)26-22/h6-13H,4-5,14H2,1-3H3/b13-9+. The largest absolute Gasteiger partial charge is 0.463 e. The van der Waals surface area contributed by atoms with Crippen molar-refractivity contribution in [3.63, 3.8) is 0 Å². The molecule has 1 aromatic heterocycles. The van der Waals surface area contributed by atoms with E-state index < -0.39 is 0 Å². The molecule has 0 unspecified atom stereocenters. The normalized spacial score (nSPS) is 11.3. The van der Waals surface area contributed by atoms with E-state index in [0.717, 1.165) is 34.5 Å². The zero-order valence-electron chi connectivity index (χ0n) is 15.4. The number of rotatable bonds is 6. The molecule has 0 saturated heterocycles. The van der Waals surface area contributed by atoms with Gasteiger partial charge in [-0.2, -0.15) is 0 Å². The average molecular weight is 365 g/mol. The highest BCUT2D eigenvalue weighted by Gasteiger charge is 2.09. The molecule has 3 aromatic rings. The summed E-state index contributed by atoms with van der Waals surface area (Å²) < 4.78 is 6.37. The molecule has 134 valence electrons. The third-order valence-electron chi connectivity index (χ3n) is 4.39. The van der Waals surface area contributed by atoms with E-state index in [-0.39, 0.29) is 5.97 Å². The third kappa shape index (κ3) is 4.20. The van der Waals surface area contributed by atoms with E-state index in [0.29, 0.717) is 6.61 Å². The van der Waals surface area contributed by atoms with Crippen LogP contribution < -0.4 is 0 Å². The van der Waals surface area contributed by atoms with Crippen molar-refractivity contribution in [3.05, 3.63) is 59.2 Å². The van der Waals surface area contributed by atoms with Gasteiger partial charge in [-0.1, -0.05) is 43.7 Å². The van der Waals surface area contributed by atoms with Crippen molar-refractivity contribution in [1.29, 1.82) is 0 Å². The lowest BCUT2D eigenvalue weighted by atomic mass is 10.1. The summed E-state index contributed by atoms with van der Waals surface area (Å²) in [6.45, 7) is 6.82. The Morgan fingerprint density at radius 3 is 2.65 bits per heavy atom. The van der Waals surface area contributed by atoms with E-state index in [1.165, 1.54) is 21.9 Å². The lowest BCUT2D eigenvalue weighted by Gasteiger charge is -2.00. The lowest BCUT2D eigenvalue weighted by Crippen LogP contribution is -2.01. The number of thiazole rings is 1. The number of aromatic nitrogens is 1. The maximum atomic E-state index is 11.6. The van der Waals surface area contributed by atoms with Crippen LogP contribution in [0.5, 0.6) is 0 Å². The first-order valence-corrected chi connectivity index (χ1v) is 9.72. The smallest absolute Gasteiger partial charge is 0.330 e. The Kier molecular flexibility index (Phi) is 5.84. The Hall–Kier alpha value is -2.46. The van der Waals surface area contributed by atoms with E-state index in [2.05, 4.69) is 32.9 Å². The molecule has 0 saturated carbocycles. The summed E-state index contributed by atoms with van der Waals surface area (Å²) in [5.41, 5.74) is 5.69. The van der Waals surface area contributed by atoms with Crippen LogP contribution in [0.4, 0.5) is 0 Å². The molecule has 0 N–H and O–H groups in total. The van der Waals surface area contributed by atoms with Crippen molar-refractivity contribution < 1.29 is 9.53 Å². The summed E-state index contributed by atoms with van der Waals surface area (Å²) in [4.78, 5) is 16.4. The number of unbranched alkanes of at least 4 members (excludes halogenated alkanes) is 1. The molecule has 0 aliphatic carbocycles. The number of ether oxygens (including phenoxy) is 1. The fraction of sp³-hybridized carbons (Fsp3) is 0.273. The minimum absolute atomic E-state index is 0.292. The van der Waals surface area contributed by atoms with Gasteiger partial charge in [0.05, 0.1) is 16.8 Å². The van der Waals surface area contributed by atoms with Gasteiger partial charge in [0.2, 0.25) is 0 Å². The molecule has 3 nitrogen and oxygen atoms in total. The number of nitrogens with zero attached hydrogens (tertiary/aromatic N) is 1. The van der Waals surface area contributed by atoms with Crippen LogP contribution in [0.1, 0.15) is 36.5 Å². The first-order valence-electron chi connectivity index (χ1n) is 8.90. The van der Waals surface area contributed by atoms with Crippen LogP contribution >= 0.6 is 11.3 Å². The third-order valence-corrected chi connectivity index (χ3v) is 5.63. The number of hydrogen-bond acceptors (Lipinski definition) is 4. The van der Waals surface area contributed by atoms with E-state index in [9.17, 15) is 4.79 Å². The molecule has 0 aliphatic rings. The summed E-state index contributed by atoms with van der Waals surface area (Å²) in [5.74, 6) is -0.292. The average Bonchev–Trinajstić information content (AvgIpc) is 3.09. The van der Waals surface area contributed by atoms with Gasteiger partial charge >= 0.3 is 5.97 Å². The van der Waals surface area contributed by atoms with Gasteiger partial charge in [-0.3, -0.25) is 0 Å². The fourth-order valence-corrected chi connectivity index (χ4v) is 3.73. The molecule has 26 heavy (non-hydrogen) atoms. The number of fused-ring (bicyclic) bond motifs is 1. The molecule has 2 aromatic carbocycles.